The number of fused-ring (bicyclic) bond motifs is 1. The van der Waals surface area contributed by atoms with Gasteiger partial charge in [0.15, 0.2) is 11.5 Å². The van der Waals surface area contributed by atoms with E-state index >= 15 is 0 Å². The standard InChI is InChI=1S/C14H17NO3/c16-14(10-3-1-4-10)15-11-5-6-12-13(9-11)18-8-2-7-17-12/h5-6,9-10H,1-4,7-8H2,(H,15,16). The molecule has 1 heterocycles. The molecule has 18 heavy (non-hydrogen) atoms. The van der Waals surface area contributed by atoms with Crippen LogP contribution in [0, 0.1) is 5.92 Å². The SMILES string of the molecule is O=C(Nc1ccc2c(c1)OCCCO2)C1CCC1. The van der Waals surface area contributed by atoms with Crippen LogP contribution in [0.5, 0.6) is 11.5 Å². The van der Waals surface area contributed by atoms with E-state index in [9.17, 15) is 4.79 Å². The van der Waals surface area contributed by atoms with Crippen LogP contribution in [0.1, 0.15) is 25.7 Å². The molecule has 1 fully saturated rings. The van der Waals surface area contributed by atoms with Crippen LogP contribution in [0.2, 0.25) is 0 Å². The van der Waals surface area contributed by atoms with Gasteiger partial charge in [-0.15, -0.1) is 0 Å². The van der Waals surface area contributed by atoms with Crippen molar-refractivity contribution in [2.45, 2.75) is 25.7 Å². The highest BCUT2D eigenvalue weighted by molar-refractivity contribution is 5.93. The van der Waals surface area contributed by atoms with E-state index in [0.717, 1.165) is 36.4 Å². The first-order chi connectivity index (χ1) is 8.83. The third-order valence-corrected chi connectivity index (χ3v) is 3.49. The van der Waals surface area contributed by atoms with Crippen molar-refractivity contribution in [3.05, 3.63) is 18.2 Å². The highest BCUT2D eigenvalue weighted by Crippen LogP contribution is 2.33. The van der Waals surface area contributed by atoms with Gasteiger partial charge in [-0.3, -0.25) is 4.79 Å². The van der Waals surface area contributed by atoms with Crippen LogP contribution in [0.25, 0.3) is 0 Å². The molecule has 2 aliphatic rings. The van der Waals surface area contributed by atoms with E-state index in [1.807, 2.05) is 18.2 Å². The second-order valence-corrected chi connectivity index (χ2v) is 4.83. The van der Waals surface area contributed by atoms with Gasteiger partial charge in [0.1, 0.15) is 0 Å². The predicted octanol–water partition coefficient (Wildman–Crippen LogP) is 2.59. The molecule has 3 rings (SSSR count). The molecule has 0 aromatic heterocycles. The lowest BCUT2D eigenvalue weighted by Crippen LogP contribution is -2.27. The third-order valence-electron chi connectivity index (χ3n) is 3.49. The Morgan fingerprint density at radius 3 is 2.61 bits per heavy atom. The first-order valence-corrected chi connectivity index (χ1v) is 6.53. The summed E-state index contributed by atoms with van der Waals surface area (Å²) in [5.41, 5.74) is 0.788. The summed E-state index contributed by atoms with van der Waals surface area (Å²) in [7, 11) is 0. The van der Waals surface area contributed by atoms with E-state index < -0.39 is 0 Å². The van der Waals surface area contributed by atoms with E-state index in [1.54, 1.807) is 0 Å². The Labute approximate surface area is 106 Å². The zero-order valence-electron chi connectivity index (χ0n) is 10.3. The van der Waals surface area contributed by atoms with Gasteiger partial charge in [0, 0.05) is 24.1 Å². The van der Waals surface area contributed by atoms with Gasteiger partial charge >= 0.3 is 0 Å². The molecule has 1 N–H and O–H groups in total. The van der Waals surface area contributed by atoms with Crippen LogP contribution < -0.4 is 14.8 Å². The zero-order valence-corrected chi connectivity index (χ0v) is 10.3. The minimum absolute atomic E-state index is 0.121. The number of amides is 1. The molecular weight excluding hydrogens is 230 g/mol. The molecule has 1 saturated carbocycles. The molecule has 96 valence electrons. The zero-order chi connectivity index (χ0) is 12.4. The minimum Gasteiger partial charge on any atom is -0.490 e. The van der Waals surface area contributed by atoms with Gasteiger partial charge in [0.25, 0.3) is 0 Å². The lowest BCUT2D eigenvalue weighted by molar-refractivity contribution is -0.122. The molecule has 0 spiro atoms. The van der Waals surface area contributed by atoms with Gasteiger partial charge in [-0.05, 0) is 25.0 Å². The molecule has 1 amide bonds. The first kappa shape index (κ1) is 11.4. The number of carbonyl (C=O) groups is 1. The third kappa shape index (κ3) is 2.28. The fourth-order valence-corrected chi connectivity index (χ4v) is 2.16. The Morgan fingerprint density at radius 2 is 1.89 bits per heavy atom. The molecule has 1 aliphatic heterocycles. The summed E-state index contributed by atoms with van der Waals surface area (Å²) in [5, 5.41) is 2.94. The van der Waals surface area contributed by atoms with Gasteiger partial charge in [0.05, 0.1) is 13.2 Å². The van der Waals surface area contributed by atoms with Gasteiger partial charge in [-0.2, -0.15) is 0 Å². The monoisotopic (exact) mass is 247 g/mol. The fourth-order valence-electron chi connectivity index (χ4n) is 2.16. The van der Waals surface area contributed by atoms with Gasteiger partial charge in [-0.25, -0.2) is 0 Å². The van der Waals surface area contributed by atoms with E-state index in [0.29, 0.717) is 13.2 Å². The fraction of sp³-hybridized carbons (Fsp3) is 0.500. The topological polar surface area (TPSA) is 47.6 Å². The Bertz CT molecular complexity index is 454. The van der Waals surface area contributed by atoms with Crippen molar-refractivity contribution < 1.29 is 14.3 Å². The quantitative estimate of drug-likeness (QED) is 0.873. The normalized spacial score (nSPS) is 18.7. The van der Waals surface area contributed by atoms with Crippen molar-refractivity contribution >= 4 is 11.6 Å². The number of ether oxygens (including phenoxy) is 2. The van der Waals surface area contributed by atoms with Crippen molar-refractivity contribution in [1.29, 1.82) is 0 Å². The minimum atomic E-state index is 0.121. The van der Waals surface area contributed by atoms with E-state index in [4.69, 9.17) is 9.47 Å². The molecule has 4 nitrogen and oxygen atoms in total. The Morgan fingerprint density at radius 1 is 1.11 bits per heavy atom. The average molecular weight is 247 g/mol. The summed E-state index contributed by atoms with van der Waals surface area (Å²) in [6.07, 6.45) is 4.07. The molecule has 1 aromatic rings. The maximum atomic E-state index is 11.8. The largest absolute Gasteiger partial charge is 0.490 e. The van der Waals surface area contributed by atoms with Crippen LogP contribution >= 0.6 is 0 Å². The van der Waals surface area contributed by atoms with Crippen LogP contribution in [-0.4, -0.2) is 19.1 Å². The van der Waals surface area contributed by atoms with Crippen molar-refractivity contribution in [1.82, 2.24) is 0 Å². The number of carbonyl (C=O) groups excluding carboxylic acids is 1. The maximum absolute atomic E-state index is 11.8. The first-order valence-electron chi connectivity index (χ1n) is 6.53. The number of rotatable bonds is 2. The van der Waals surface area contributed by atoms with Gasteiger partial charge in [0.2, 0.25) is 5.91 Å². The molecule has 0 bridgehead atoms. The van der Waals surface area contributed by atoms with Crippen LogP contribution in [0.3, 0.4) is 0 Å². The van der Waals surface area contributed by atoms with Crippen LogP contribution in [0.15, 0.2) is 18.2 Å². The molecule has 1 aliphatic carbocycles. The summed E-state index contributed by atoms with van der Waals surface area (Å²) >= 11 is 0. The molecule has 0 atom stereocenters. The van der Waals surface area contributed by atoms with Crippen molar-refractivity contribution in [3.8, 4) is 11.5 Å². The second-order valence-electron chi connectivity index (χ2n) is 4.83. The van der Waals surface area contributed by atoms with Crippen molar-refractivity contribution in [3.63, 3.8) is 0 Å². The van der Waals surface area contributed by atoms with Crippen LogP contribution in [0.4, 0.5) is 5.69 Å². The van der Waals surface area contributed by atoms with E-state index in [2.05, 4.69) is 5.32 Å². The highest BCUT2D eigenvalue weighted by Gasteiger charge is 2.25. The summed E-state index contributed by atoms with van der Waals surface area (Å²) in [6.45, 7) is 1.34. The Hall–Kier alpha value is -1.71. The summed E-state index contributed by atoms with van der Waals surface area (Å²) in [4.78, 5) is 11.8. The van der Waals surface area contributed by atoms with Crippen LogP contribution in [-0.2, 0) is 4.79 Å². The number of hydrogen-bond acceptors (Lipinski definition) is 3. The smallest absolute Gasteiger partial charge is 0.227 e. The molecule has 4 heteroatoms. The lowest BCUT2D eigenvalue weighted by Gasteiger charge is -2.24. The Kier molecular flexibility index (Phi) is 3.09. The van der Waals surface area contributed by atoms with E-state index in [1.165, 1.54) is 6.42 Å². The molecule has 1 aromatic carbocycles. The average Bonchev–Trinajstić information content (AvgIpc) is 2.51. The highest BCUT2D eigenvalue weighted by atomic mass is 16.5. The number of anilines is 1. The molecule has 0 radical (unpaired) electrons. The molecule has 0 saturated heterocycles. The lowest BCUT2D eigenvalue weighted by atomic mass is 9.85. The summed E-state index contributed by atoms with van der Waals surface area (Å²) in [6, 6.07) is 5.57. The van der Waals surface area contributed by atoms with Crippen molar-refractivity contribution in [2.75, 3.05) is 18.5 Å². The van der Waals surface area contributed by atoms with Gasteiger partial charge < -0.3 is 14.8 Å². The second kappa shape index (κ2) is 4.88. The number of benzene rings is 1. The number of nitrogens with one attached hydrogen (secondary N) is 1. The number of hydrogen-bond donors (Lipinski definition) is 1. The summed E-state index contributed by atoms with van der Waals surface area (Å²) < 4.78 is 11.1. The van der Waals surface area contributed by atoms with E-state index in [-0.39, 0.29) is 11.8 Å². The maximum Gasteiger partial charge on any atom is 0.227 e. The summed E-state index contributed by atoms with van der Waals surface area (Å²) in [5.74, 6) is 1.80. The van der Waals surface area contributed by atoms with Gasteiger partial charge in [-0.1, -0.05) is 6.42 Å². The molecule has 0 unspecified atom stereocenters. The predicted molar refractivity (Wildman–Crippen MR) is 68.0 cm³/mol. The van der Waals surface area contributed by atoms with Crippen molar-refractivity contribution in [2.24, 2.45) is 5.92 Å². The molecular formula is C14H17NO3. The Balaban J connectivity index is 1.72.